The number of imidazole rings is 1. The van der Waals surface area contributed by atoms with E-state index in [-0.39, 0.29) is 0 Å². The summed E-state index contributed by atoms with van der Waals surface area (Å²) in [6, 6.07) is 9.04. The molecule has 0 bridgehead atoms. The largest absolute Gasteiger partial charge is 0.373 e. The van der Waals surface area contributed by atoms with Gasteiger partial charge in [-0.3, -0.25) is 0 Å². The van der Waals surface area contributed by atoms with E-state index in [2.05, 4.69) is 72.5 Å². The number of fused-ring (bicyclic) bond motifs is 2. The molecule has 0 fully saturated rings. The molecule has 3 aromatic rings. The van der Waals surface area contributed by atoms with Gasteiger partial charge in [-0.1, -0.05) is 28.9 Å². The van der Waals surface area contributed by atoms with Gasteiger partial charge in [-0.05, 0) is 68.5 Å². The van der Waals surface area contributed by atoms with Gasteiger partial charge in [0, 0.05) is 18.0 Å². The average Bonchev–Trinajstić information content (AvgIpc) is 3.21. The zero-order chi connectivity index (χ0) is 19.3. The van der Waals surface area contributed by atoms with Gasteiger partial charge in [-0.2, -0.15) is 0 Å². The molecule has 2 heterocycles. The Balaban J connectivity index is 1.95. The second-order valence-electron chi connectivity index (χ2n) is 7.86. The molecule has 0 N–H and O–H groups in total. The maximum absolute atomic E-state index is 5.70. The highest BCUT2D eigenvalue weighted by atomic mass is 79.9. The van der Waals surface area contributed by atoms with Crippen LogP contribution in [0.15, 0.2) is 28.7 Å². The first-order chi connectivity index (χ1) is 12.9. The van der Waals surface area contributed by atoms with Crippen LogP contribution >= 0.6 is 15.9 Å². The number of ether oxygens (including phenoxy) is 1. The predicted molar refractivity (Wildman–Crippen MR) is 112 cm³/mol. The fraction of sp³-hybridized carbons (Fsp3) is 0.455. The second kappa shape index (κ2) is 6.71. The Morgan fingerprint density at radius 2 is 2.04 bits per heavy atom. The lowest BCUT2D eigenvalue weighted by Gasteiger charge is -2.23. The number of rotatable bonds is 4. The Kier molecular flexibility index (Phi) is 4.63. The van der Waals surface area contributed by atoms with Crippen LogP contribution in [0, 0.1) is 6.92 Å². The molecule has 1 aliphatic carbocycles. The van der Waals surface area contributed by atoms with Gasteiger partial charge in [0.05, 0.1) is 11.7 Å². The van der Waals surface area contributed by atoms with Crippen LogP contribution in [-0.2, 0) is 23.2 Å². The second-order valence-corrected chi connectivity index (χ2v) is 8.78. The smallest absolute Gasteiger partial charge is 0.161 e. The summed E-state index contributed by atoms with van der Waals surface area (Å²) in [5.41, 5.74) is 6.47. The summed E-state index contributed by atoms with van der Waals surface area (Å²) in [4.78, 5) is 10.0. The van der Waals surface area contributed by atoms with Crippen molar-refractivity contribution in [1.82, 2.24) is 14.5 Å². The molecule has 0 aliphatic heterocycles. The molecule has 5 heteroatoms. The SMILES string of the molecule is CCc1nc2c(C)cc(C(C)(C)OC)nc2n1[C@H]1CCc2cc(Br)ccc21. The van der Waals surface area contributed by atoms with Crippen molar-refractivity contribution in [1.29, 1.82) is 0 Å². The molecular formula is C22H26BrN3O. The standard InChI is InChI=1S/C22H26BrN3O/c1-6-19-25-20-13(2)11-18(22(3,4)27-5)24-21(20)26(19)17-10-7-14-12-15(23)8-9-16(14)17/h8-9,11-12,17H,6-7,10H2,1-5H3/t17-/m0/s1. The van der Waals surface area contributed by atoms with E-state index in [0.29, 0.717) is 6.04 Å². The number of benzene rings is 1. The van der Waals surface area contributed by atoms with Crippen molar-refractivity contribution >= 4 is 27.1 Å². The molecule has 0 saturated carbocycles. The Bertz CT molecular complexity index is 1020. The van der Waals surface area contributed by atoms with Gasteiger partial charge in [0.2, 0.25) is 0 Å². The molecule has 27 heavy (non-hydrogen) atoms. The van der Waals surface area contributed by atoms with Crippen molar-refractivity contribution in [2.45, 2.75) is 58.6 Å². The fourth-order valence-electron chi connectivity index (χ4n) is 4.08. The summed E-state index contributed by atoms with van der Waals surface area (Å²) in [6.45, 7) is 8.41. The molecule has 0 unspecified atom stereocenters. The lowest BCUT2D eigenvalue weighted by atomic mass is 10.0. The molecule has 0 amide bonds. The number of methoxy groups -OCH3 is 1. The minimum absolute atomic E-state index is 0.292. The van der Waals surface area contributed by atoms with Gasteiger partial charge < -0.3 is 9.30 Å². The van der Waals surface area contributed by atoms with Gasteiger partial charge in [0.1, 0.15) is 16.9 Å². The zero-order valence-corrected chi connectivity index (χ0v) is 18.2. The molecule has 0 saturated heterocycles. The number of aromatic nitrogens is 3. The average molecular weight is 428 g/mol. The van der Waals surface area contributed by atoms with Crippen molar-refractivity contribution in [2.75, 3.05) is 7.11 Å². The molecular weight excluding hydrogens is 402 g/mol. The molecule has 1 atom stereocenters. The summed E-state index contributed by atoms with van der Waals surface area (Å²) in [5, 5.41) is 0. The van der Waals surface area contributed by atoms with Crippen LogP contribution in [0.4, 0.5) is 0 Å². The minimum Gasteiger partial charge on any atom is -0.373 e. The Labute approximate surface area is 169 Å². The number of pyridine rings is 1. The third-order valence-corrected chi connectivity index (χ3v) is 6.31. The maximum Gasteiger partial charge on any atom is 0.161 e. The topological polar surface area (TPSA) is 39.9 Å². The van der Waals surface area contributed by atoms with Crippen molar-refractivity contribution in [3.63, 3.8) is 0 Å². The summed E-state index contributed by atoms with van der Waals surface area (Å²) < 4.78 is 9.22. The van der Waals surface area contributed by atoms with Crippen molar-refractivity contribution < 1.29 is 4.74 Å². The molecule has 0 spiro atoms. The first-order valence-electron chi connectivity index (χ1n) is 9.58. The van der Waals surface area contributed by atoms with Crippen LogP contribution in [-0.4, -0.2) is 21.6 Å². The molecule has 4 nitrogen and oxygen atoms in total. The van der Waals surface area contributed by atoms with Crippen LogP contribution < -0.4 is 0 Å². The highest BCUT2D eigenvalue weighted by Gasteiger charge is 2.30. The monoisotopic (exact) mass is 427 g/mol. The lowest BCUT2D eigenvalue weighted by molar-refractivity contribution is 0.0156. The quantitative estimate of drug-likeness (QED) is 0.552. The molecule has 1 aliphatic rings. The van der Waals surface area contributed by atoms with Gasteiger partial charge in [-0.25, -0.2) is 9.97 Å². The normalized spacial score (nSPS) is 16.9. The molecule has 4 rings (SSSR count). The van der Waals surface area contributed by atoms with Crippen LogP contribution in [0.5, 0.6) is 0 Å². The summed E-state index contributed by atoms with van der Waals surface area (Å²) >= 11 is 3.60. The van der Waals surface area contributed by atoms with E-state index in [1.807, 2.05) is 0 Å². The third-order valence-electron chi connectivity index (χ3n) is 5.82. The first kappa shape index (κ1) is 18.6. The van der Waals surface area contributed by atoms with E-state index >= 15 is 0 Å². The van der Waals surface area contributed by atoms with E-state index < -0.39 is 5.60 Å². The lowest BCUT2D eigenvalue weighted by Crippen LogP contribution is -2.22. The van der Waals surface area contributed by atoms with Crippen LogP contribution in [0.3, 0.4) is 0 Å². The summed E-state index contributed by atoms with van der Waals surface area (Å²) in [5.74, 6) is 1.11. The highest BCUT2D eigenvalue weighted by molar-refractivity contribution is 9.10. The van der Waals surface area contributed by atoms with E-state index in [4.69, 9.17) is 14.7 Å². The van der Waals surface area contributed by atoms with E-state index in [1.165, 1.54) is 11.1 Å². The number of nitrogens with zero attached hydrogens (tertiary/aromatic N) is 3. The molecule has 142 valence electrons. The molecule has 0 radical (unpaired) electrons. The molecule has 2 aromatic heterocycles. The Hall–Kier alpha value is -1.72. The van der Waals surface area contributed by atoms with Crippen molar-refractivity contribution in [3.05, 3.63) is 56.9 Å². The van der Waals surface area contributed by atoms with Crippen LogP contribution in [0.2, 0.25) is 0 Å². The third kappa shape index (κ3) is 3.01. The minimum atomic E-state index is -0.432. The number of hydrogen-bond acceptors (Lipinski definition) is 3. The molecule has 1 aromatic carbocycles. The van der Waals surface area contributed by atoms with E-state index in [9.17, 15) is 0 Å². The Morgan fingerprint density at radius 1 is 1.26 bits per heavy atom. The van der Waals surface area contributed by atoms with Gasteiger partial charge >= 0.3 is 0 Å². The van der Waals surface area contributed by atoms with Crippen LogP contribution in [0.25, 0.3) is 11.2 Å². The predicted octanol–water partition coefficient (Wildman–Crippen LogP) is 5.48. The van der Waals surface area contributed by atoms with Gasteiger partial charge in [0.15, 0.2) is 5.65 Å². The van der Waals surface area contributed by atoms with E-state index in [1.54, 1.807) is 7.11 Å². The van der Waals surface area contributed by atoms with Gasteiger partial charge in [0.25, 0.3) is 0 Å². The fourth-order valence-corrected chi connectivity index (χ4v) is 4.49. The summed E-state index contributed by atoms with van der Waals surface area (Å²) in [7, 11) is 1.74. The van der Waals surface area contributed by atoms with Crippen molar-refractivity contribution in [2.24, 2.45) is 0 Å². The van der Waals surface area contributed by atoms with E-state index in [0.717, 1.165) is 52.0 Å². The number of hydrogen-bond donors (Lipinski definition) is 0. The van der Waals surface area contributed by atoms with Crippen molar-refractivity contribution in [3.8, 4) is 0 Å². The summed E-state index contributed by atoms with van der Waals surface area (Å²) in [6.07, 6.45) is 3.06. The van der Waals surface area contributed by atoms with Crippen LogP contribution in [0.1, 0.15) is 61.4 Å². The first-order valence-corrected chi connectivity index (χ1v) is 10.4. The highest BCUT2D eigenvalue weighted by Crippen LogP contribution is 2.39. The Morgan fingerprint density at radius 3 is 2.74 bits per heavy atom. The zero-order valence-electron chi connectivity index (χ0n) is 16.6. The maximum atomic E-state index is 5.70. The van der Waals surface area contributed by atoms with Gasteiger partial charge in [-0.15, -0.1) is 0 Å². The number of halogens is 1. The number of aryl methyl sites for hydroxylation is 3.